The molecule has 0 aromatic heterocycles. The van der Waals surface area contributed by atoms with E-state index < -0.39 is 5.97 Å². The van der Waals surface area contributed by atoms with Crippen molar-refractivity contribution in [2.24, 2.45) is 5.92 Å². The Balaban J connectivity index is 1.91. The molecule has 0 bridgehead atoms. The number of esters is 1. The lowest BCUT2D eigenvalue weighted by Crippen LogP contribution is -2.38. The number of amides is 1. The van der Waals surface area contributed by atoms with Crippen LogP contribution in [0.5, 0.6) is 0 Å². The largest absolute Gasteiger partial charge is 0.469 e. The number of ether oxygens (including phenoxy) is 1. The maximum Gasteiger partial charge on any atom is 0.313 e. The molecule has 1 saturated heterocycles. The van der Waals surface area contributed by atoms with E-state index in [1.54, 1.807) is 0 Å². The van der Waals surface area contributed by atoms with Crippen LogP contribution in [0.25, 0.3) is 0 Å². The standard InChI is InChI=1S/C14H21NO4/c1-19-14(18)8-12(16)10-7-13(17)15(9-10)11-5-3-2-4-6-11/h10-11H,2-9H2,1H3. The second-order valence-corrected chi connectivity index (χ2v) is 5.46. The first-order chi connectivity index (χ1) is 9.11. The van der Waals surface area contributed by atoms with Gasteiger partial charge in [-0.05, 0) is 12.8 Å². The summed E-state index contributed by atoms with van der Waals surface area (Å²) in [5.41, 5.74) is 0. The average molecular weight is 267 g/mol. The fourth-order valence-corrected chi connectivity index (χ4v) is 3.05. The van der Waals surface area contributed by atoms with Crippen molar-refractivity contribution in [1.29, 1.82) is 0 Å². The van der Waals surface area contributed by atoms with Gasteiger partial charge in [-0.3, -0.25) is 14.4 Å². The Labute approximate surface area is 113 Å². The van der Waals surface area contributed by atoms with Crippen molar-refractivity contribution >= 4 is 17.7 Å². The van der Waals surface area contributed by atoms with E-state index in [0.717, 1.165) is 25.7 Å². The lowest BCUT2D eigenvalue weighted by Gasteiger charge is -2.31. The highest BCUT2D eigenvalue weighted by atomic mass is 16.5. The van der Waals surface area contributed by atoms with Crippen LogP contribution in [0.15, 0.2) is 0 Å². The first kappa shape index (κ1) is 14.0. The Bertz CT molecular complexity index is 374. The molecule has 1 amide bonds. The first-order valence-corrected chi connectivity index (χ1v) is 7.01. The summed E-state index contributed by atoms with van der Waals surface area (Å²) in [6, 6.07) is 0.303. The third-order valence-corrected chi connectivity index (χ3v) is 4.18. The minimum atomic E-state index is -0.520. The summed E-state index contributed by atoms with van der Waals surface area (Å²) in [5.74, 6) is -0.948. The summed E-state index contributed by atoms with van der Waals surface area (Å²) in [5, 5.41) is 0. The molecule has 1 saturated carbocycles. The van der Waals surface area contributed by atoms with E-state index in [9.17, 15) is 14.4 Å². The zero-order valence-corrected chi connectivity index (χ0v) is 11.4. The second kappa shape index (κ2) is 6.17. The molecule has 1 heterocycles. The molecule has 0 aromatic rings. The van der Waals surface area contributed by atoms with Gasteiger partial charge in [-0.25, -0.2) is 0 Å². The normalized spacial score (nSPS) is 24.6. The van der Waals surface area contributed by atoms with Gasteiger partial charge in [0.1, 0.15) is 12.2 Å². The van der Waals surface area contributed by atoms with Crippen molar-refractivity contribution in [3.8, 4) is 0 Å². The highest BCUT2D eigenvalue weighted by Crippen LogP contribution is 2.29. The summed E-state index contributed by atoms with van der Waals surface area (Å²) in [4.78, 5) is 36.9. The number of ketones is 1. The Kier molecular flexibility index (Phi) is 4.56. The Morgan fingerprint density at radius 1 is 1.26 bits per heavy atom. The molecule has 2 rings (SSSR count). The van der Waals surface area contributed by atoms with Gasteiger partial charge < -0.3 is 9.64 Å². The van der Waals surface area contributed by atoms with Crippen LogP contribution in [0.1, 0.15) is 44.9 Å². The minimum Gasteiger partial charge on any atom is -0.469 e. The Morgan fingerprint density at radius 2 is 1.95 bits per heavy atom. The molecule has 0 aromatic carbocycles. The molecular formula is C14H21NO4. The molecule has 2 fully saturated rings. The summed E-state index contributed by atoms with van der Waals surface area (Å²) in [7, 11) is 1.27. The van der Waals surface area contributed by atoms with Crippen molar-refractivity contribution in [2.75, 3.05) is 13.7 Å². The van der Waals surface area contributed by atoms with Crippen LogP contribution in [0.3, 0.4) is 0 Å². The molecule has 5 heteroatoms. The first-order valence-electron chi connectivity index (χ1n) is 7.01. The lowest BCUT2D eigenvalue weighted by atomic mass is 9.94. The molecule has 1 aliphatic heterocycles. The SMILES string of the molecule is COC(=O)CC(=O)C1CC(=O)N(C2CCCCC2)C1. The van der Waals surface area contributed by atoms with Gasteiger partial charge in [0.25, 0.3) is 0 Å². The van der Waals surface area contributed by atoms with Gasteiger partial charge in [-0.2, -0.15) is 0 Å². The molecule has 0 N–H and O–H groups in total. The van der Waals surface area contributed by atoms with E-state index in [2.05, 4.69) is 4.74 Å². The summed E-state index contributed by atoms with van der Waals surface area (Å²) < 4.78 is 4.49. The number of rotatable bonds is 4. The van der Waals surface area contributed by atoms with Crippen molar-refractivity contribution < 1.29 is 19.1 Å². The van der Waals surface area contributed by atoms with Crippen LogP contribution < -0.4 is 0 Å². The lowest BCUT2D eigenvalue weighted by molar-refractivity contribution is -0.144. The van der Waals surface area contributed by atoms with Gasteiger partial charge in [-0.1, -0.05) is 19.3 Å². The maximum atomic E-state index is 12.0. The van der Waals surface area contributed by atoms with Gasteiger partial charge in [0.15, 0.2) is 0 Å². The highest BCUT2D eigenvalue weighted by Gasteiger charge is 2.38. The number of likely N-dealkylation sites (tertiary alicyclic amines) is 1. The topological polar surface area (TPSA) is 63.7 Å². The van der Waals surface area contributed by atoms with E-state index in [1.807, 2.05) is 4.90 Å². The molecule has 19 heavy (non-hydrogen) atoms. The number of carbonyl (C=O) groups excluding carboxylic acids is 3. The molecular weight excluding hydrogens is 246 g/mol. The number of hydrogen-bond acceptors (Lipinski definition) is 4. The highest BCUT2D eigenvalue weighted by molar-refractivity contribution is 5.99. The number of Topliss-reactive ketones (excluding diaryl/α,β-unsaturated/α-hetero) is 1. The van der Waals surface area contributed by atoms with Crippen molar-refractivity contribution in [3.05, 3.63) is 0 Å². The smallest absolute Gasteiger partial charge is 0.313 e. The predicted molar refractivity (Wildman–Crippen MR) is 68.3 cm³/mol. The summed E-state index contributed by atoms with van der Waals surface area (Å²) in [6.07, 6.45) is 5.69. The van der Waals surface area contributed by atoms with Crippen molar-refractivity contribution in [3.63, 3.8) is 0 Å². The molecule has 2 aliphatic rings. The third-order valence-electron chi connectivity index (χ3n) is 4.18. The number of methoxy groups -OCH3 is 1. The monoisotopic (exact) mass is 267 g/mol. The van der Waals surface area contributed by atoms with Crippen LogP contribution in [0, 0.1) is 5.92 Å². The van der Waals surface area contributed by atoms with Crippen LogP contribution >= 0.6 is 0 Å². The van der Waals surface area contributed by atoms with Gasteiger partial charge in [-0.15, -0.1) is 0 Å². The minimum absolute atomic E-state index is 0.0649. The zero-order valence-electron chi connectivity index (χ0n) is 11.4. The second-order valence-electron chi connectivity index (χ2n) is 5.46. The van der Waals surface area contributed by atoms with Crippen LogP contribution in [-0.2, 0) is 19.1 Å². The Hall–Kier alpha value is -1.39. The average Bonchev–Trinajstić information content (AvgIpc) is 2.82. The molecule has 1 aliphatic carbocycles. The maximum absolute atomic E-state index is 12.0. The van der Waals surface area contributed by atoms with Crippen LogP contribution in [0.2, 0.25) is 0 Å². The van der Waals surface area contributed by atoms with Gasteiger partial charge in [0, 0.05) is 24.9 Å². The van der Waals surface area contributed by atoms with E-state index >= 15 is 0 Å². The number of carbonyl (C=O) groups is 3. The zero-order chi connectivity index (χ0) is 13.8. The van der Waals surface area contributed by atoms with E-state index in [-0.39, 0.29) is 30.4 Å². The number of nitrogens with zero attached hydrogens (tertiary/aromatic N) is 1. The molecule has 1 atom stereocenters. The summed E-state index contributed by atoms with van der Waals surface area (Å²) in [6.45, 7) is 0.485. The van der Waals surface area contributed by atoms with Gasteiger partial charge >= 0.3 is 5.97 Å². The number of hydrogen-bond donors (Lipinski definition) is 0. The molecule has 1 unspecified atom stereocenters. The molecule has 0 radical (unpaired) electrons. The molecule has 0 spiro atoms. The predicted octanol–water partition coefficient (Wildman–Crippen LogP) is 1.30. The van der Waals surface area contributed by atoms with E-state index in [0.29, 0.717) is 12.6 Å². The Morgan fingerprint density at radius 3 is 2.58 bits per heavy atom. The fourth-order valence-electron chi connectivity index (χ4n) is 3.05. The van der Waals surface area contributed by atoms with Gasteiger partial charge in [0.05, 0.1) is 7.11 Å². The van der Waals surface area contributed by atoms with Crippen molar-refractivity contribution in [1.82, 2.24) is 4.90 Å². The fraction of sp³-hybridized carbons (Fsp3) is 0.786. The molecule has 106 valence electrons. The van der Waals surface area contributed by atoms with Crippen molar-refractivity contribution in [2.45, 2.75) is 51.0 Å². The van der Waals surface area contributed by atoms with Crippen LogP contribution in [0.4, 0.5) is 0 Å². The van der Waals surface area contributed by atoms with Crippen LogP contribution in [-0.4, -0.2) is 42.3 Å². The quantitative estimate of drug-likeness (QED) is 0.569. The molecule has 5 nitrogen and oxygen atoms in total. The summed E-state index contributed by atoms with van der Waals surface area (Å²) >= 11 is 0. The van der Waals surface area contributed by atoms with Gasteiger partial charge in [0.2, 0.25) is 5.91 Å². The van der Waals surface area contributed by atoms with E-state index in [1.165, 1.54) is 13.5 Å². The van der Waals surface area contributed by atoms with E-state index in [4.69, 9.17) is 0 Å². The third kappa shape index (κ3) is 3.33.